The maximum Gasteiger partial charge on any atom is 0.358 e. The van der Waals surface area contributed by atoms with Gasteiger partial charge in [-0.15, -0.1) is 11.3 Å². The van der Waals surface area contributed by atoms with E-state index in [1.54, 1.807) is 29.5 Å². The van der Waals surface area contributed by atoms with Gasteiger partial charge in [-0.25, -0.2) is 14.2 Å². The lowest BCUT2D eigenvalue weighted by Gasteiger charge is -2.33. The molecule has 0 saturated heterocycles. The molecular formula is C20H23FN2O3S. The molecule has 7 heteroatoms. The number of aromatic nitrogens is 1. The van der Waals surface area contributed by atoms with Crippen LogP contribution in [0.2, 0.25) is 0 Å². The summed E-state index contributed by atoms with van der Waals surface area (Å²) in [5.74, 6) is -0.442. The van der Waals surface area contributed by atoms with Crippen LogP contribution in [0, 0.1) is 11.7 Å². The van der Waals surface area contributed by atoms with Crippen molar-refractivity contribution in [3.05, 3.63) is 41.2 Å². The zero-order valence-corrected chi connectivity index (χ0v) is 16.3. The molecule has 3 rings (SSSR count). The molecule has 27 heavy (non-hydrogen) atoms. The van der Waals surface area contributed by atoms with Crippen LogP contribution in [0.15, 0.2) is 29.6 Å². The van der Waals surface area contributed by atoms with Crippen molar-refractivity contribution < 1.29 is 18.7 Å². The molecular weight excluding hydrogens is 367 g/mol. The number of rotatable bonds is 5. The van der Waals surface area contributed by atoms with E-state index >= 15 is 0 Å². The molecule has 5 nitrogen and oxygen atoms in total. The highest BCUT2D eigenvalue weighted by Gasteiger charge is 2.25. The number of hydrogen-bond acceptors (Lipinski definition) is 5. The summed E-state index contributed by atoms with van der Waals surface area (Å²) in [6.45, 7) is 1.94. The number of nitrogens with zero attached hydrogens (tertiary/aromatic N) is 2. The summed E-state index contributed by atoms with van der Waals surface area (Å²) >= 11 is 1.27. The maximum atomic E-state index is 13.0. The van der Waals surface area contributed by atoms with Crippen molar-refractivity contribution in [1.82, 2.24) is 9.88 Å². The molecule has 0 N–H and O–H groups in total. The fourth-order valence-corrected chi connectivity index (χ4v) is 4.02. The third-order valence-electron chi connectivity index (χ3n) is 5.06. The number of carbonyl (C=O) groups excluding carboxylic acids is 2. The number of benzene rings is 1. The highest BCUT2D eigenvalue weighted by Crippen LogP contribution is 2.27. The topological polar surface area (TPSA) is 59.5 Å². The van der Waals surface area contributed by atoms with Gasteiger partial charge in [-0.05, 0) is 55.9 Å². The normalized spacial score (nSPS) is 19.5. The molecule has 0 atom stereocenters. The van der Waals surface area contributed by atoms with Crippen molar-refractivity contribution in [3.8, 4) is 10.6 Å². The quantitative estimate of drug-likeness (QED) is 0.720. The van der Waals surface area contributed by atoms with Gasteiger partial charge in [-0.1, -0.05) is 6.92 Å². The summed E-state index contributed by atoms with van der Waals surface area (Å²) in [5.41, 5.74) is 0.879. The largest absolute Gasteiger partial charge is 0.451 e. The first-order chi connectivity index (χ1) is 12.9. The number of likely N-dealkylation sites (N-methyl/N-ethyl adjacent to an activating group) is 1. The SMILES string of the molecule is CC1CCC(N(C)C(=O)COC(=O)c2csc(-c3ccc(F)cc3)n2)CC1. The summed E-state index contributed by atoms with van der Waals surface area (Å²) in [7, 11) is 1.77. The Morgan fingerprint density at radius 2 is 1.89 bits per heavy atom. The molecule has 1 fully saturated rings. The number of amides is 1. The molecule has 1 aliphatic rings. The zero-order chi connectivity index (χ0) is 19.4. The van der Waals surface area contributed by atoms with E-state index in [0.29, 0.717) is 10.9 Å². The number of hydrogen-bond donors (Lipinski definition) is 0. The van der Waals surface area contributed by atoms with E-state index in [0.717, 1.165) is 31.2 Å². The summed E-state index contributed by atoms with van der Waals surface area (Å²) in [5, 5.41) is 2.18. The van der Waals surface area contributed by atoms with Crippen LogP contribution in [0.3, 0.4) is 0 Å². The second-order valence-corrected chi connectivity index (χ2v) is 7.90. The van der Waals surface area contributed by atoms with Crippen LogP contribution < -0.4 is 0 Å². The number of thiazole rings is 1. The smallest absolute Gasteiger partial charge is 0.358 e. The molecule has 0 bridgehead atoms. The van der Waals surface area contributed by atoms with Crippen molar-refractivity contribution in [2.24, 2.45) is 5.92 Å². The van der Waals surface area contributed by atoms with Gasteiger partial charge in [0, 0.05) is 24.0 Å². The molecule has 1 aliphatic carbocycles. The van der Waals surface area contributed by atoms with Gasteiger partial charge in [0.1, 0.15) is 10.8 Å². The van der Waals surface area contributed by atoms with Gasteiger partial charge in [-0.2, -0.15) is 0 Å². The van der Waals surface area contributed by atoms with Crippen molar-refractivity contribution >= 4 is 23.2 Å². The lowest BCUT2D eigenvalue weighted by atomic mass is 9.87. The fraction of sp³-hybridized carbons (Fsp3) is 0.450. The molecule has 1 saturated carbocycles. The molecule has 1 aromatic carbocycles. The van der Waals surface area contributed by atoms with Crippen molar-refractivity contribution in [3.63, 3.8) is 0 Å². The Bertz CT molecular complexity index is 798. The van der Waals surface area contributed by atoms with Gasteiger partial charge in [0.2, 0.25) is 0 Å². The Kier molecular flexibility index (Phi) is 6.21. The van der Waals surface area contributed by atoms with Crippen LogP contribution in [-0.4, -0.2) is 41.5 Å². The maximum absolute atomic E-state index is 13.0. The van der Waals surface area contributed by atoms with Crippen LogP contribution in [-0.2, 0) is 9.53 Å². The average molecular weight is 390 g/mol. The van der Waals surface area contributed by atoms with Gasteiger partial charge in [0.05, 0.1) is 0 Å². The zero-order valence-electron chi connectivity index (χ0n) is 15.5. The van der Waals surface area contributed by atoms with E-state index in [2.05, 4.69) is 11.9 Å². The minimum atomic E-state index is -0.626. The first-order valence-corrected chi connectivity index (χ1v) is 9.96. The lowest BCUT2D eigenvalue weighted by Crippen LogP contribution is -2.41. The molecule has 0 aliphatic heterocycles. The monoisotopic (exact) mass is 390 g/mol. The number of esters is 1. The summed E-state index contributed by atoms with van der Waals surface area (Å²) in [6.07, 6.45) is 4.22. The molecule has 0 unspecified atom stereocenters. The van der Waals surface area contributed by atoms with E-state index in [1.807, 2.05) is 0 Å². The molecule has 0 spiro atoms. The Morgan fingerprint density at radius 3 is 2.56 bits per heavy atom. The summed E-state index contributed by atoms with van der Waals surface area (Å²) in [6, 6.07) is 6.11. The van der Waals surface area contributed by atoms with Crippen molar-refractivity contribution in [2.45, 2.75) is 38.6 Å². The van der Waals surface area contributed by atoms with Crippen LogP contribution in [0.25, 0.3) is 10.6 Å². The predicted octanol–water partition coefficient (Wildman–Crippen LogP) is 4.14. The minimum Gasteiger partial charge on any atom is -0.451 e. The number of ether oxygens (including phenoxy) is 1. The van der Waals surface area contributed by atoms with Crippen LogP contribution in [0.4, 0.5) is 4.39 Å². The van der Waals surface area contributed by atoms with Crippen LogP contribution in [0.1, 0.15) is 43.1 Å². The Morgan fingerprint density at radius 1 is 1.22 bits per heavy atom. The highest BCUT2D eigenvalue weighted by atomic mass is 32.1. The lowest BCUT2D eigenvalue weighted by molar-refractivity contribution is -0.136. The molecule has 1 heterocycles. The summed E-state index contributed by atoms with van der Waals surface area (Å²) < 4.78 is 18.1. The van der Waals surface area contributed by atoms with Crippen LogP contribution >= 0.6 is 11.3 Å². The standard InChI is InChI=1S/C20H23FN2O3S/c1-13-3-9-16(10-4-13)23(2)18(24)11-26-20(25)17-12-27-19(22-17)14-5-7-15(21)8-6-14/h5-8,12-13,16H,3-4,9-11H2,1-2H3. The van der Waals surface area contributed by atoms with Gasteiger partial charge in [0.25, 0.3) is 5.91 Å². The van der Waals surface area contributed by atoms with Gasteiger partial charge < -0.3 is 9.64 Å². The van der Waals surface area contributed by atoms with Crippen molar-refractivity contribution in [2.75, 3.05) is 13.7 Å². The third-order valence-corrected chi connectivity index (χ3v) is 5.95. The van der Waals surface area contributed by atoms with Gasteiger partial charge >= 0.3 is 5.97 Å². The fourth-order valence-electron chi connectivity index (χ4n) is 3.23. The highest BCUT2D eigenvalue weighted by molar-refractivity contribution is 7.13. The third kappa shape index (κ3) is 4.91. The van der Waals surface area contributed by atoms with Gasteiger partial charge in [0.15, 0.2) is 12.3 Å². The van der Waals surface area contributed by atoms with Crippen LogP contribution in [0.5, 0.6) is 0 Å². The van der Waals surface area contributed by atoms with E-state index in [4.69, 9.17) is 4.74 Å². The number of halogens is 1. The second-order valence-electron chi connectivity index (χ2n) is 7.04. The predicted molar refractivity (Wildman–Crippen MR) is 102 cm³/mol. The van der Waals surface area contributed by atoms with Gasteiger partial charge in [-0.3, -0.25) is 4.79 Å². The van der Waals surface area contributed by atoms with E-state index < -0.39 is 5.97 Å². The first kappa shape index (κ1) is 19.5. The van der Waals surface area contributed by atoms with E-state index in [9.17, 15) is 14.0 Å². The van der Waals surface area contributed by atoms with Crippen molar-refractivity contribution in [1.29, 1.82) is 0 Å². The van der Waals surface area contributed by atoms with E-state index in [-0.39, 0.29) is 30.1 Å². The average Bonchev–Trinajstić information content (AvgIpc) is 3.16. The first-order valence-electron chi connectivity index (χ1n) is 9.08. The summed E-state index contributed by atoms with van der Waals surface area (Å²) in [4.78, 5) is 30.4. The molecule has 1 aromatic heterocycles. The molecule has 144 valence electrons. The van der Waals surface area contributed by atoms with E-state index in [1.165, 1.54) is 23.5 Å². The Hall–Kier alpha value is -2.28. The minimum absolute atomic E-state index is 0.154. The second kappa shape index (κ2) is 8.61. The molecule has 1 amide bonds. The number of carbonyl (C=O) groups is 2. The Labute approximate surface area is 162 Å². The Balaban J connectivity index is 1.53. The molecule has 0 radical (unpaired) electrons. The molecule has 2 aromatic rings.